The maximum absolute atomic E-state index is 5.21. The normalized spacial score (nSPS) is 11.5. The smallest absolute Gasteiger partial charge is 0.165 e. The number of benzene rings is 20. The molecule has 133 heavy (non-hydrogen) atoms. The Balaban J connectivity index is 0.000000110. The van der Waals surface area contributed by atoms with Gasteiger partial charge in [0, 0.05) is 33.2 Å². The summed E-state index contributed by atoms with van der Waals surface area (Å²) in [4.78, 5) is 31.0. The van der Waals surface area contributed by atoms with Crippen LogP contribution in [-0.4, -0.2) is 43.6 Å². The molecule has 0 amide bonds. The molecule has 0 aliphatic rings. The second kappa shape index (κ2) is 34.0. The summed E-state index contributed by atoms with van der Waals surface area (Å²) in [6, 6.07) is 174. The van der Waals surface area contributed by atoms with Gasteiger partial charge in [0.2, 0.25) is 0 Å². The van der Waals surface area contributed by atoms with Crippen LogP contribution < -0.4 is 0 Å². The van der Waals surface area contributed by atoms with Crippen molar-refractivity contribution in [2.24, 2.45) is 0 Å². The first-order valence-corrected chi connectivity index (χ1v) is 45.0. The Hall–Kier alpha value is -17.9. The van der Waals surface area contributed by atoms with E-state index >= 15 is 0 Å². The molecule has 26 aromatic rings. The van der Waals surface area contributed by atoms with Crippen LogP contribution in [0.5, 0.6) is 0 Å². The van der Waals surface area contributed by atoms with Crippen LogP contribution >= 0.6 is 0 Å². The van der Waals surface area contributed by atoms with E-state index in [9.17, 15) is 0 Å². The molecule has 0 unspecified atom stereocenters. The lowest BCUT2D eigenvalue weighted by Crippen LogP contribution is -1.97. The Bertz CT molecular complexity index is 8740. The van der Waals surface area contributed by atoms with Crippen molar-refractivity contribution < 1.29 is 0 Å². The first-order chi connectivity index (χ1) is 65.9. The van der Waals surface area contributed by atoms with E-state index in [0.717, 1.165) is 150 Å². The van der Waals surface area contributed by atoms with Gasteiger partial charge in [-0.05, 0) is 286 Å². The van der Waals surface area contributed by atoms with Crippen molar-refractivity contribution in [2.45, 2.75) is 0 Å². The second-order valence-corrected chi connectivity index (χ2v) is 33.7. The number of nitrogens with zero attached hydrogens (tertiary/aromatic N) is 9. The van der Waals surface area contributed by atoms with E-state index < -0.39 is 0 Å². The average Bonchev–Trinajstić information content (AvgIpc) is 1.59. The first-order valence-electron chi connectivity index (χ1n) is 45.0. The molecule has 0 saturated heterocycles. The SMILES string of the molecule is c1ccc(-c2cc(-c3ccccc3)cc(-c3ccc4c(c3)c3nc5ccccc5nc3n4-c3ccc4ccccc4c3)c2)cc1.c1ccc(-c2cc(-c3ccccc3)cc(-c3ccc4c(c3)c3nc5ccccc5nc3n4-c3cccc(-c4ccccc4)c3)c2)cc1.c1ccc(-c2cc(-c3ccccc3)cc(-c3ccc4c(c3)c3nc5ccccc5nc3n4-c3ccccc3)c2)cc1. The van der Waals surface area contributed by atoms with Crippen molar-refractivity contribution >= 4 is 110 Å². The van der Waals surface area contributed by atoms with Crippen LogP contribution in [0.4, 0.5) is 0 Å². The molecule has 0 saturated carbocycles. The molecule has 0 radical (unpaired) electrons. The third-order valence-electron chi connectivity index (χ3n) is 25.4. The molecule has 6 heterocycles. The fourth-order valence-corrected chi connectivity index (χ4v) is 18.9. The summed E-state index contributed by atoms with van der Waals surface area (Å²) in [6.07, 6.45) is 0. The van der Waals surface area contributed by atoms with E-state index in [1.165, 1.54) is 88.7 Å². The minimum Gasteiger partial charge on any atom is -0.293 e. The summed E-state index contributed by atoms with van der Waals surface area (Å²) in [5.74, 6) is 0. The summed E-state index contributed by atoms with van der Waals surface area (Å²) in [5, 5.41) is 5.66. The summed E-state index contributed by atoms with van der Waals surface area (Å²) in [7, 11) is 0. The average molecular weight is 1700 g/mol. The van der Waals surface area contributed by atoms with E-state index in [1.54, 1.807) is 0 Å². The molecule has 0 N–H and O–H groups in total. The topological polar surface area (TPSA) is 92.1 Å². The Labute approximate surface area is 768 Å². The Morgan fingerprint density at radius 3 is 0.669 bits per heavy atom. The minimum atomic E-state index is 0.851. The predicted molar refractivity (Wildman–Crippen MR) is 553 cm³/mol. The molecular weight excluding hydrogens is 1620 g/mol. The molecule has 0 aliphatic carbocycles. The molecule has 9 heteroatoms. The van der Waals surface area contributed by atoms with Gasteiger partial charge in [-0.2, -0.15) is 0 Å². The van der Waals surface area contributed by atoms with Crippen LogP contribution in [0.2, 0.25) is 0 Å². The maximum Gasteiger partial charge on any atom is 0.165 e. The van der Waals surface area contributed by atoms with Crippen molar-refractivity contribution in [1.29, 1.82) is 0 Å². The molecule has 9 nitrogen and oxygen atoms in total. The van der Waals surface area contributed by atoms with Crippen LogP contribution in [0, 0.1) is 0 Å². The molecule has 6 aromatic heterocycles. The van der Waals surface area contributed by atoms with Gasteiger partial charge in [0.05, 0.1) is 49.7 Å². The van der Waals surface area contributed by atoms with E-state index in [0.29, 0.717) is 0 Å². The van der Waals surface area contributed by atoms with Crippen LogP contribution in [-0.2, 0) is 0 Å². The fraction of sp³-hybridized carbons (Fsp3) is 0. The highest BCUT2D eigenvalue weighted by atomic mass is 15.1. The largest absolute Gasteiger partial charge is 0.293 e. The maximum atomic E-state index is 5.21. The summed E-state index contributed by atoms with van der Waals surface area (Å²) in [6.45, 7) is 0. The number of aromatic nitrogens is 9. The van der Waals surface area contributed by atoms with Crippen LogP contribution in [0.3, 0.4) is 0 Å². The summed E-state index contributed by atoms with van der Waals surface area (Å²) in [5.41, 5.74) is 40.7. The Morgan fingerprint density at radius 2 is 0.353 bits per heavy atom. The predicted octanol–water partition coefficient (Wildman–Crippen LogP) is 32.0. The van der Waals surface area contributed by atoms with Gasteiger partial charge in [0.15, 0.2) is 16.9 Å². The van der Waals surface area contributed by atoms with E-state index in [2.05, 4.69) is 426 Å². The molecule has 622 valence electrons. The first kappa shape index (κ1) is 78.6. The fourth-order valence-electron chi connectivity index (χ4n) is 18.9. The molecule has 0 aliphatic heterocycles. The number of hydrogen-bond donors (Lipinski definition) is 0. The molecule has 0 bridgehead atoms. The standard InChI is InChI=1S/C44H29N3.C42H27N3.C38H25N3/c1-4-13-30(14-5-1)33-19-12-20-38(28-33)47-42-24-23-34(29-39(42)43-44(47)46-41-22-11-10-21-40(41)45-43)37-26-35(31-15-6-2-7-16-31)25-36(27-37)32-17-8-3-9-18-32;1-3-11-28(12-4-1)33-23-34(29-13-5-2-6-14-29)25-35(24-33)32-20-22-40-37(27-32)41-42(44-39-18-10-9-17-38(39)43-41)45(40)36-21-19-30-15-7-8-16-31(30)26-36;1-4-12-26(13-5-1)29-22-30(27-14-6-2-7-15-27)24-31(23-29)28-20-21-36-33(25-28)37-38(41(36)32-16-8-3-9-17-32)40-35-19-11-10-18-34(35)39-37/h1-29H;1-27H;1-25H. The van der Waals surface area contributed by atoms with Crippen molar-refractivity contribution in [1.82, 2.24) is 43.6 Å². The van der Waals surface area contributed by atoms with Gasteiger partial charge in [0.1, 0.15) is 16.6 Å². The summed E-state index contributed by atoms with van der Waals surface area (Å²) < 4.78 is 6.75. The molecular formula is C124H81N9. The van der Waals surface area contributed by atoms with E-state index in [-0.39, 0.29) is 0 Å². The zero-order valence-corrected chi connectivity index (χ0v) is 72.3. The lowest BCUT2D eigenvalue weighted by atomic mass is 9.93. The number of hydrogen-bond acceptors (Lipinski definition) is 6. The quantitative estimate of drug-likeness (QED) is 0.114. The Kier molecular flexibility index (Phi) is 20.1. The van der Waals surface area contributed by atoms with Gasteiger partial charge in [-0.1, -0.05) is 328 Å². The van der Waals surface area contributed by atoms with Crippen LogP contribution in [0.25, 0.3) is 238 Å². The summed E-state index contributed by atoms with van der Waals surface area (Å²) >= 11 is 0. The zero-order valence-electron chi connectivity index (χ0n) is 72.3. The third kappa shape index (κ3) is 15.1. The van der Waals surface area contributed by atoms with Gasteiger partial charge < -0.3 is 0 Å². The van der Waals surface area contributed by atoms with Gasteiger partial charge in [-0.3, -0.25) is 13.7 Å². The number of rotatable bonds is 13. The van der Waals surface area contributed by atoms with E-state index in [4.69, 9.17) is 29.9 Å². The number of fused-ring (bicyclic) bond motifs is 13. The zero-order chi connectivity index (χ0) is 88.1. The van der Waals surface area contributed by atoms with Crippen LogP contribution in [0.15, 0.2) is 491 Å². The molecule has 20 aromatic carbocycles. The molecule has 0 atom stereocenters. The second-order valence-electron chi connectivity index (χ2n) is 33.7. The highest BCUT2D eigenvalue weighted by Crippen LogP contribution is 2.44. The monoisotopic (exact) mass is 1700 g/mol. The van der Waals surface area contributed by atoms with E-state index in [1.807, 2.05) is 78.9 Å². The van der Waals surface area contributed by atoms with Crippen molar-refractivity contribution in [3.8, 4) is 128 Å². The van der Waals surface area contributed by atoms with Gasteiger partial charge in [-0.25, -0.2) is 29.9 Å². The Morgan fingerprint density at radius 1 is 0.128 bits per heavy atom. The van der Waals surface area contributed by atoms with Crippen molar-refractivity contribution in [2.75, 3.05) is 0 Å². The highest BCUT2D eigenvalue weighted by molar-refractivity contribution is 6.13. The number of para-hydroxylation sites is 7. The lowest BCUT2D eigenvalue weighted by molar-refractivity contribution is 1.14. The highest BCUT2D eigenvalue weighted by Gasteiger charge is 2.24. The minimum absolute atomic E-state index is 0.851. The molecule has 0 fully saturated rings. The van der Waals surface area contributed by atoms with Crippen molar-refractivity contribution in [3.05, 3.63) is 491 Å². The third-order valence-corrected chi connectivity index (χ3v) is 25.4. The lowest BCUT2D eigenvalue weighted by Gasteiger charge is -2.12. The molecule has 26 rings (SSSR count). The van der Waals surface area contributed by atoms with Gasteiger partial charge in [0.25, 0.3) is 0 Å². The van der Waals surface area contributed by atoms with Crippen molar-refractivity contribution in [3.63, 3.8) is 0 Å². The molecule has 0 spiro atoms. The van der Waals surface area contributed by atoms with Crippen LogP contribution in [0.1, 0.15) is 0 Å². The van der Waals surface area contributed by atoms with Gasteiger partial charge in [-0.15, -0.1) is 0 Å². The van der Waals surface area contributed by atoms with Gasteiger partial charge >= 0.3 is 0 Å².